The van der Waals surface area contributed by atoms with Gasteiger partial charge in [0.25, 0.3) is 5.91 Å². The molecule has 0 radical (unpaired) electrons. The van der Waals surface area contributed by atoms with Crippen LogP contribution in [0.2, 0.25) is 5.15 Å². The Bertz CT molecular complexity index is 1170. The number of hydrogen-bond acceptors (Lipinski definition) is 5. The lowest BCUT2D eigenvalue weighted by Crippen LogP contribution is -2.41. The minimum Gasteiger partial charge on any atom is -0.493 e. The molecule has 7 heteroatoms. The van der Waals surface area contributed by atoms with Gasteiger partial charge in [-0.05, 0) is 49.6 Å². The molecule has 0 atom stereocenters. The molecule has 3 aromatic rings. The average Bonchev–Trinajstić information content (AvgIpc) is 2.86. The number of methoxy groups -OCH3 is 3. The summed E-state index contributed by atoms with van der Waals surface area (Å²) in [5.74, 6) is 1.28. The lowest BCUT2D eigenvalue weighted by molar-refractivity contribution is 0.0613. The van der Waals surface area contributed by atoms with Gasteiger partial charge in [-0.1, -0.05) is 43.0 Å². The standard InChI is InChI=1S/C27H31ClN2O4/c1-17-10-11-18-13-20(26(28)29-22(18)12-17)16-30(21-8-6-5-7-9-21)27(31)19-14-23(32-2)25(34-4)24(15-19)33-3/h10-15,21H,5-9,16H2,1-4H3. The van der Waals surface area contributed by atoms with Gasteiger partial charge in [0, 0.05) is 29.1 Å². The van der Waals surface area contributed by atoms with E-state index >= 15 is 0 Å². The van der Waals surface area contributed by atoms with Gasteiger partial charge in [0.2, 0.25) is 5.75 Å². The first kappa shape index (κ1) is 24.1. The van der Waals surface area contributed by atoms with E-state index in [1.165, 1.54) is 6.42 Å². The molecule has 6 nitrogen and oxygen atoms in total. The summed E-state index contributed by atoms with van der Waals surface area (Å²) in [6.07, 6.45) is 5.34. The lowest BCUT2D eigenvalue weighted by atomic mass is 9.93. The molecule has 34 heavy (non-hydrogen) atoms. The fourth-order valence-corrected chi connectivity index (χ4v) is 4.93. The van der Waals surface area contributed by atoms with Crippen LogP contribution in [-0.2, 0) is 6.54 Å². The third kappa shape index (κ3) is 4.92. The van der Waals surface area contributed by atoms with Gasteiger partial charge in [0.05, 0.1) is 26.8 Å². The Labute approximate surface area is 205 Å². The zero-order chi connectivity index (χ0) is 24.2. The van der Waals surface area contributed by atoms with Gasteiger partial charge >= 0.3 is 0 Å². The van der Waals surface area contributed by atoms with Gasteiger partial charge in [-0.15, -0.1) is 0 Å². The number of rotatable bonds is 7. The maximum Gasteiger partial charge on any atom is 0.254 e. The number of amides is 1. The van der Waals surface area contributed by atoms with E-state index < -0.39 is 0 Å². The lowest BCUT2D eigenvalue weighted by Gasteiger charge is -2.35. The van der Waals surface area contributed by atoms with Gasteiger partial charge in [0.1, 0.15) is 5.15 Å². The molecule has 1 fully saturated rings. The van der Waals surface area contributed by atoms with Gasteiger partial charge in [0.15, 0.2) is 11.5 Å². The molecule has 1 amide bonds. The minimum absolute atomic E-state index is 0.0915. The monoisotopic (exact) mass is 482 g/mol. The highest BCUT2D eigenvalue weighted by Crippen LogP contribution is 2.39. The Balaban J connectivity index is 1.74. The van der Waals surface area contributed by atoms with Crippen LogP contribution in [-0.4, -0.2) is 43.2 Å². The summed E-state index contributed by atoms with van der Waals surface area (Å²) in [6.45, 7) is 2.42. The summed E-state index contributed by atoms with van der Waals surface area (Å²) < 4.78 is 16.4. The van der Waals surface area contributed by atoms with Crippen LogP contribution < -0.4 is 14.2 Å². The fraction of sp³-hybridized carbons (Fsp3) is 0.407. The molecule has 0 unspecified atom stereocenters. The largest absolute Gasteiger partial charge is 0.493 e. The Morgan fingerprint density at radius 2 is 1.68 bits per heavy atom. The van der Waals surface area contributed by atoms with Crippen LogP contribution in [0, 0.1) is 6.92 Å². The van der Waals surface area contributed by atoms with Crippen LogP contribution in [0.15, 0.2) is 36.4 Å². The Hall–Kier alpha value is -2.99. The number of hydrogen-bond donors (Lipinski definition) is 0. The number of aryl methyl sites for hydroxylation is 1. The third-order valence-electron chi connectivity index (χ3n) is 6.53. The molecule has 0 saturated heterocycles. The number of carbonyl (C=O) groups is 1. The van der Waals surface area contributed by atoms with E-state index in [0.717, 1.165) is 47.7 Å². The Morgan fingerprint density at radius 1 is 1.00 bits per heavy atom. The van der Waals surface area contributed by atoms with Crippen LogP contribution in [0.3, 0.4) is 0 Å². The van der Waals surface area contributed by atoms with Crippen molar-refractivity contribution in [1.82, 2.24) is 9.88 Å². The van der Waals surface area contributed by atoms with E-state index in [9.17, 15) is 4.79 Å². The van der Waals surface area contributed by atoms with Gasteiger partial charge in [-0.25, -0.2) is 4.98 Å². The first-order valence-electron chi connectivity index (χ1n) is 11.6. The Morgan fingerprint density at radius 3 is 2.29 bits per heavy atom. The molecule has 1 saturated carbocycles. The van der Waals surface area contributed by atoms with Crippen molar-refractivity contribution >= 4 is 28.4 Å². The molecule has 0 N–H and O–H groups in total. The van der Waals surface area contributed by atoms with E-state index in [2.05, 4.69) is 11.1 Å². The topological polar surface area (TPSA) is 60.9 Å². The number of pyridine rings is 1. The molecule has 1 aliphatic rings. The maximum absolute atomic E-state index is 13.9. The molecule has 0 bridgehead atoms. The summed E-state index contributed by atoms with van der Waals surface area (Å²) >= 11 is 6.62. The molecular weight excluding hydrogens is 452 g/mol. The molecule has 180 valence electrons. The number of halogens is 1. The summed E-state index contributed by atoms with van der Waals surface area (Å²) in [5, 5.41) is 1.44. The summed E-state index contributed by atoms with van der Waals surface area (Å²) in [5.41, 5.74) is 3.31. The number of ether oxygens (including phenoxy) is 3. The van der Waals surface area contributed by atoms with Crippen molar-refractivity contribution in [2.24, 2.45) is 0 Å². The van der Waals surface area contributed by atoms with E-state index in [4.69, 9.17) is 25.8 Å². The maximum atomic E-state index is 13.9. The summed E-state index contributed by atoms with van der Waals surface area (Å²) in [4.78, 5) is 20.5. The molecule has 1 aliphatic carbocycles. The molecule has 1 heterocycles. The first-order chi connectivity index (χ1) is 16.4. The minimum atomic E-state index is -0.0915. The summed E-state index contributed by atoms with van der Waals surface area (Å²) in [6, 6.07) is 11.7. The van der Waals surface area contributed by atoms with Crippen LogP contribution in [0.25, 0.3) is 10.9 Å². The number of carbonyl (C=O) groups excluding carboxylic acids is 1. The van der Waals surface area contributed by atoms with E-state index in [1.54, 1.807) is 33.5 Å². The van der Waals surface area contributed by atoms with Crippen LogP contribution in [0.1, 0.15) is 53.6 Å². The summed E-state index contributed by atoms with van der Waals surface area (Å²) in [7, 11) is 4.64. The van der Waals surface area contributed by atoms with Crippen LogP contribution in [0.4, 0.5) is 0 Å². The highest BCUT2D eigenvalue weighted by Gasteiger charge is 2.29. The van der Waals surface area contributed by atoms with Gasteiger partial charge in [-0.2, -0.15) is 0 Å². The smallest absolute Gasteiger partial charge is 0.254 e. The van der Waals surface area contributed by atoms with Crippen LogP contribution in [0.5, 0.6) is 17.2 Å². The van der Waals surface area contributed by atoms with E-state index in [1.807, 2.05) is 30.0 Å². The van der Waals surface area contributed by atoms with Crippen molar-refractivity contribution in [3.8, 4) is 17.2 Å². The van der Waals surface area contributed by atoms with Crippen LogP contribution >= 0.6 is 11.6 Å². The molecule has 0 spiro atoms. The van der Waals surface area contributed by atoms with Gasteiger partial charge in [-0.3, -0.25) is 4.79 Å². The highest BCUT2D eigenvalue weighted by molar-refractivity contribution is 6.30. The van der Waals surface area contributed by atoms with Crippen molar-refractivity contribution in [3.63, 3.8) is 0 Å². The number of aromatic nitrogens is 1. The number of nitrogens with zero attached hydrogens (tertiary/aromatic N) is 2. The second-order valence-corrected chi connectivity index (χ2v) is 9.13. The van der Waals surface area contributed by atoms with Crippen molar-refractivity contribution < 1.29 is 19.0 Å². The normalized spacial score (nSPS) is 14.1. The third-order valence-corrected chi connectivity index (χ3v) is 6.86. The van der Waals surface area contributed by atoms with E-state index in [-0.39, 0.29) is 11.9 Å². The SMILES string of the molecule is COc1cc(C(=O)N(Cc2cc3ccc(C)cc3nc2Cl)C2CCCCC2)cc(OC)c1OC. The second-order valence-electron chi connectivity index (χ2n) is 8.77. The molecular formula is C27H31ClN2O4. The predicted octanol–water partition coefficient (Wildman–Crippen LogP) is 6.20. The fourth-order valence-electron chi connectivity index (χ4n) is 4.72. The zero-order valence-electron chi connectivity index (χ0n) is 20.2. The van der Waals surface area contributed by atoms with E-state index in [0.29, 0.717) is 34.5 Å². The molecule has 1 aromatic heterocycles. The quantitative estimate of drug-likeness (QED) is 0.375. The first-order valence-corrected chi connectivity index (χ1v) is 12.0. The molecule has 0 aliphatic heterocycles. The number of benzene rings is 2. The second kappa shape index (κ2) is 10.5. The predicted molar refractivity (Wildman–Crippen MR) is 134 cm³/mol. The number of fused-ring (bicyclic) bond motifs is 1. The highest BCUT2D eigenvalue weighted by atomic mass is 35.5. The molecule has 2 aromatic carbocycles. The van der Waals surface area contributed by atoms with Crippen molar-refractivity contribution in [2.75, 3.05) is 21.3 Å². The zero-order valence-corrected chi connectivity index (χ0v) is 20.9. The average molecular weight is 483 g/mol. The van der Waals surface area contributed by atoms with Gasteiger partial charge < -0.3 is 19.1 Å². The molecule has 4 rings (SSSR count). The van der Waals surface area contributed by atoms with Crippen molar-refractivity contribution in [2.45, 2.75) is 51.6 Å². The van der Waals surface area contributed by atoms with Crippen molar-refractivity contribution in [3.05, 3.63) is 58.2 Å². The van der Waals surface area contributed by atoms with Crippen molar-refractivity contribution in [1.29, 1.82) is 0 Å². The Kier molecular flexibility index (Phi) is 7.47.